The van der Waals surface area contributed by atoms with Crippen LogP contribution in [0.2, 0.25) is 0 Å². The molecule has 0 aromatic heterocycles. The summed E-state index contributed by atoms with van der Waals surface area (Å²) >= 11 is 5.47. The van der Waals surface area contributed by atoms with Crippen LogP contribution in [-0.4, -0.2) is 23.5 Å². The number of carbonyl (C=O) groups excluding carboxylic acids is 1. The summed E-state index contributed by atoms with van der Waals surface area (Å²) in [6.45, 7) is 13.1. The maximum Gasteiger partial charge on any atom is 0.193 e. The normalized spacial score (nSPS) is 12.1. The Kier molecular flexibility index (Phi) is 8.11. The molecule has 34 heavy (non-hydrogen) atoms. The van der Waals surface area contributed by atoms with Gasteiger partial charge in [-0.3, -0.25) is 4.79 Å². The largest absolute Gasteiger partial charge is 0.491 e. The third kappa shape index (κ3) is 6.91. The molecule has 0 heterocycles. The number of anilines is 1. The highest BCUT2D eigenvalue weighted by molar-refractivity contribution is 7.80. The lowest BCUT2D eigenvalue weighted by Crippen LogP contribution is -2.39. The Labute approximate surface area is 208 Å². The van der Waals surface area contributed by atoms with Crippen LogP contribution < -0.4 is 15.4 Å². The van der Waals surface area contributed by atoms with E-state index in [0.717, 1.165) is 11.4 Å². The summed E-state index contributed by atoms with van der Waals surface area (Å²) in [5.74, 6) is 0.829. The minimum Gasteiger partial charge on any atom is -0.491 e. The second-order valence-electron chi connectivity index (χ2n) is 9.79. The van der Waals surface area contributed by atoms with Gasteiger partial charge in [0.15, 0.2) is 10.9 Å². The minimum absolute atomic E-state index is 0.00718. The van der Waals surface area contributed by atoms with Crippen LogP contribution >= 0.6 is 12.2 Å². The SMILES string of the molecule is Cc1ccc(OC[C@@H](C)NC(=S)Nc2cccc(C(=O)c3ccc(C(C)(C)C)cc3)c2)cc1C. The van der Waals surface area contributed by atoms with Crippen molar-refractivity contribution < 1.29 is 9.53 Å². The average Bonchev–Trinajstić information content (AvgIpc) is 2.79. The zero-order chi connectivity index (χ0) is 24.9. The molecule has 0 bridgehead atoms. The summed E-state index contributed by atoms with van der Waals surface area (Å²) in [6.07, 6.45) is 0. The molecule has 0 saturated carbocycles. The molecule has 0 unspecified atom stereocenters. The fourth-order valence-corrected chi connectivity index (χ4v) is 3.80. The lowest BCUT2D eigenvalue weighted by molar-refractivity contribution is 0.103. The van der Waals surface area contributed by atoms with Crippen molar-refractivity contribution in [1.29, 1.82) is 0 Å². The van der Waals surface area contributed by atoms with Crippen LogP contribution in [-0.2, 0) is 5.41 Å². The summed E-state index contributed by atoms with van der Waals surface area (Å²) in [5.41, 5.74) is 5.74. The Balaban J connectivity index is 1.57. The fraction of sp³-hybridized carbons (Fsp3) is 0.310. The van der Waals surface area contributed by atoms with E-state index in [0.29, 0.717) is 22.8 Å². The molecule has 0 aliphatic heterocycles. The maximum absolute atomic E-state index is 13.0. The first kappa shape index (κ1) is 25.4. The quantitative estimate of drug-likeness (QED) is 0.299. The van der Waals surface area contributed by atoms with Crippen molar-refractivity contribution in [3.63, 3.8) is 0 Å². The summed E-state index contributed by atoms with van der Waals surface area (Å²) in [7, 11) is 0. The first-order valence-corrected chi connectivity index (χ1v) is 12.0. The van der Waals surface area contributed by atoms with Gasteiger partial charge in [0.1, 0.15) is 12.4 Å². The minimum atomic E-state index is -0.0156. The molecule has 0 fully saturated rings. The van der Waals surface area contributed by atoms with Gasteiger partial charge in [-0.2, -0.15) is 0 Å². The van der Waals surface area contributed by atoms with E-state index < -0.39 is 0 Å². The van der Waals surface area contributed by atoms with Crippen molar-refractivity contribution in [2.75, 3.05) is 11.9 Å². The van der Waals surface area contributed by atoms with Crippen LogP contribution in [0.3, 0.4) is 0 Å². The molecular formula is C29H34N2O2S. The molecule has 178 valence electrons. The predicted octanol–water partition coefficient (Wildman–Crippen LogP) is 6.59. The third-order valence-electron chi connectivity index (χ3n) is 5.75. The Morgan fingerprint density at radius 2 is 1.65 bits per heavy atom. The number of ether oxygens (including phenoxy) is 1. The van der Waals surface area contributed by atoms with Crippen molar-refractivity contribution in [3.05, 3.63) is 94.5 Å². The standard InChI is InChI=1S/C29H34N2O2S/c1-19-10-15-26(16-20(19)2)33-18-21(3)30-28(34)31-25-9-7-8-23(17-25)27(32)22-11-13-24(14-12-22)29(4,5)6/h7-17,21H,18H2,1-6H3,(H2,30,31,34)/t21-/m1/s1. The fourth-order valence-electron chi connectivity index (χ4n) is 3.48. The van der Waals surface area contributed by atoms with Crippen molar-refractivity contribution in [3.8, 4) is 5.75 Å². The Bertz CT molecular complexity index is 1160. The van der Waals surface area contributed by atoms with E-state index in [2.05, 4.69) is 51.3 Å². The van der Waals surface area contributed by atoms with Crippen molar-refractivity contribution in [2.24, 2.45) is 0 Å². The second-order valence-corrected chi connectivity index (χ2v) is 10.2. The third-order valence-corrected chi connectivity index (χ3v) is 5.97. The zero-order valence-electron chi connectivity index (χ0n) is 20.9. The molecular weight excluding hydrogens is 440 g/mol. The highest BCUT2D eigenvalue weighted by Crippen LogP contribution is 2.23. The Morgan fingerprint density at radius 3 is 2.29 bits per heavy atom. The van der Waals surface area contributed by atoms with Crippen molar-refractivity contribution in [2.45, 2.75) is 53.0 Å². The predicted molar refractivity (Wildman–Crippen MR) is 145 cm³/mol. The molecule has 3 rings (SSSR count). The van der Waals surface area contributed by atoms with Gasteiger partial charge in [0.2, 0.25) is 0 Å². The van der Waals surface area contributed by atoms with Crippen LogP contribution in [0, 0.1) is 13.8 Å². The number of thiocarbonyl (C=S) groups is 1. The van der Waals surface area contributed by atoms with E-state index in [1.54, 1.807) is 0 Å². The molecule has 3 aromatic carbocycles. The lowest BCUT2D eigenvalue weighted by Gasteiger charge is -2.19. The highest BCUT2D eigenvalue weighted by atomic mass is 32.1. The summed E-state index contributed by atoms with van der Waals surface area (Å²) in [5, 5.41) is 6.89. The van der Waals surface area contributed by atoms with E-state index in [4.69, 9.17) is 17.0 Å². The smallest absolute Gasteiger partial charge is 0.193 e. The van der Waals surface area contributed by atoms with Crippen LogP contribution in [0.1, 0.15) is 60.3 Å². The molecule has 0 saturated heterocycles. The molecule has 3 aromatic rings. The van der Waals surface area contributed by atoms with Gasteiger partial charge in [0.05, 0.1) is 6.04 Å². The monoisotopic (exact) mass is 474 g/mol. The zero-order valence-corrected chi connectivity index (χ0v) is 21.7. The van der Waals surface area contributed by atoms with Gasteiger partial charge in [-0.05, 0) is 79.4 Å². The molecule has 1 atom stereocenters. The Hall–Kier alpha value is -3.18. The topological polar surface area (TPSA) is 50.4 Å². The first-order chi connectivity index (χ1) is 16.0. The second kappa shape index (κ2) is 10.8. The number of benzene rings is 3. The average molecular weight is 475 g/mol. The maximum atomic E-state index is 13.0. The van der Waals surface area contributed by atoms with Gasteiger partial charge < -0.3 is 15.4 Å². The number of aryl methyl sites for hydroxylation is 2. The van der Waals surface area contributed by atoms with Crippen molar-refractivity contribution >= 4 is 28.8 Å². The molecule has 0 radical (unpaired) electrons. The van der Waals surface area contributed by atoms with Crippen LogP contribution in [0.15, 0.2) is 66.7 Å². The van der Waals surface area contributed by atoms with Gasteiger partial charge in [-0.15, -0.1) is 0 Å². The van der Waals surface area contributed by atoms with E-state index in [-0.39, 0.29) is 17.2 Å². The van der Waals surface area contributed by atoms with Gasteiger partial charge in [0.25, 0.3) is 0 Å². The summed E-state index contributed by atoms with van der Waals surface area (Å²) < 4.78 is 5.89. The lowest BCUT2D eigenvalue weighted by atomic mass is 9.86. The summed E-state index contributed by atoms with van der Waals surface area (Å²) in [6, 6.07) is 21.3. The molecule has 4 nitrogen and oxygen atoms in total. The van der Waals surface area contributed by atoms with E-state index >= 15 is 0 Å². The molecule has 0 aliphatic rings. The Morgan fingerprint density at radius 1 is 0.941 bits per heavy atom. The molecule has 5 heteroatoms. The van der Waals surface area contributed by atoms with Crippen LogP contribution in [0.4, 0.5) is 5.69 Å². The van der Waals surface area contributed by atoms with Gasteiger partial charge >= 0.3 is 0 Å². The number of nitrogens with one attached hydrogen (secondary N) is 2. The molecule has 0 spiro atoms. The number of hydrogen-bond acceptors (Lipinski definition) is 3. The van der Waals surface area contributed by atoms with E-state index in [1.165, 1.54) is 16.7 Å². The van der Waals surface area contributed by atoms with Crippen LogP contribution in [0.5, 0.6) is 5.75 Å². The first-order valence-electron chi connectivity index (χ1n) is 11.6. The molecule has 0 aliphatic carbocycles. The highest BCUT2D eigenvalue weighted by Gasteiger charge is 2.15. The van der Waals surface area contributed by atoms with Crippen LogP contribution in [0.25, 0.3) is 0 Å². The van der Waals surface area contributed by atoms with Gasteiger partial charge in [-0.25, -0.2) is 0 Å². The number of hydrogen-bond donors (Lipinski definition) is 2. The number of rotatable bonds is 7. The molecule has 2 N–H and O–H groups in total. The van der Waals surface area contributed by atoms with E-state index in [1.807, 2.05) is 67.6 Å². The number of ketones is 1. The van der Waals surface area contributed by atoms with Crippen molar-refractivity contribution in [1.82, 2.24) is 5.32 Å². The number of carbonyl (C=O) groups is 1. The molecule has 0 amide bonds. The van der Waals surface area contributed by atoms with Gasteiger partial charge in [-0.1, -0.05) is 63.2 Å². The van der Waals surface area contributed by atoms with E-state index in [9.17, 15) is 4.79 Å². The summed E-state index contributed by atoms with van der Waals surface area (Å²) in [4.78, 5) is 13.0. The van der Waals surface area contributed by atoms with Gasteiger partial charge in [0, 0.05) is 16.8 Å².